The average molecular weight is 295 g/mol. The summed E-state index contributed by atoms with van der Waals surface area (Å²) in [4.78, 5) is 26.9. The van der Waals surface area contributed by atoms with Crippen LogP contribution in [0.5, 0.6) is 0 Å². The quantitative estimate of drug-likeness (QED) is 0.644. The Balaban J connectivity index is 1.78. The summed E-state index contributed by atoms with van der Waals surface area (Å²) in [5.74, 6) is -0.154. The molecule has 2 aromatic carbocycles. The predicted octanol–water partition coefficient (Wildman–Crippen LogP) is 2.86. The van der Waals surface area contributed by atoms with Gasteiger partial charge in [0.15, 0.2) is 0 Å². The van der Waals surface area contributed by atoms with E-state index >= 15 is 0 Å². The molecule has 2 aromatic rings. The maximum atomic E-state index is 12.8. The van der Waals surface area contributed by atoms with E-state index in [0.29, 0.717) is 17.7 Å². The molecule has 2 heterocycles. The van der Waals surface area contributed by atoms with E-state index in [1.165, 1.54) is 4.90 Å². The average Bonchev–Trinajstić information content (AvgIpc) is 3.37. The van der Waals surface area contributed by atoms with Crippen LogP contribution in [0.3, 0.4) is 0 Å². The highest BCUT2D eigenvalue weighted by Crippen LogP contribution is 2.32. The third kappa shape index (κ3) is 1.95. The van der Waals surface area contributed by atoms with Gasteiger partial charge in [-0.3, -0.25) is 14.5 Å². The lowest BCUT2D eigenvalue weighted by molar-refractivity contribution is 0.0574. The van der Waals surface area contributed by atoms with Crippen LogP contribution in [0.2, 0.25) is 0 Å². The number of imide groups is 1. The summed E-state index contributed by atoms with van der Waals surface area (Å²) < 4.78 is 5.35. The van der Waals surface area contributed by atoms with Crippen LogP contribution < -0.4 is 0 Å². The molecule has 4 heteroatoms. The predicted molar refractivity (Wildman–Crippen MR) is 82.8 cm³/mol. The second kappa shape index (κ2) is 4.92. The summed E-state index contributed by atoms with van der Waals surface area (Å²) in [6.45, 7) is 3.24. The lowest BCUT2D eigenvalue weighted by Gasteiger charge is -2.29. The molecule has 4 nitrogen and oxygen atoms in total. The van der Waals surface area contributed by atoms with Crippen molar-refractivity contribution in [3.05, 3.63) is 47.5 Å². The summed E-state index contributed by atoms with van der Waals surface area (Å²) in [5.41, 5.74) is 1.25. The highest BCUT2D eigenvalue weighted by atomic mass is 16.6. The molecule has 2 unspecified atom stereocenters. The minimum Gasteiger partial charge on any atom is -0.373 e. The lowest BCUT2D eigenvalue weighted by atomic mass is 9.92. The van der Waals surface area contributed by atoms with Gasteiger partial charge in [-0.1, -0.05) is 31.2 Å². The molecule has 0 spiro atoms. The van der Waals surface area contributed by atoms with Crippen molar-refractivity contribution in [2.24, 2.45) is 5.92 Å². The molecule has 22 heavy (non-hydrogen) atoms. The second-order valence-electron chi connectivity index (χ2n) is 5.97. The number of ether oxygens (including phenoxy) is 1. The van der Waals surface area contributed by atoms with Crippen molar-refractivity contribution in [3.63, 3.8) is 0 Å². The van der Waals surface area contributed by atoms with E-state index in [9.17, 15) is 9.59 Å². The minimum absolute atomic E-state index is 0.187. The SMILES string of the molecule is CCC(CN1C(=O)c2cccc3cccc(c23)C1=O)C1CO1. The van der Waals surface area contributed by atoms with E-state index in [0.717, 1.165) is 23.8 Å². The summed E-state index contributed by atoms with van der Waals surface area (Å²) in [6.07, 6.45) is 1.09. The third-order valence-electron chi connectivity index (χ3n) is 4.68. The van der Waals surface area contributed by atoms with E-state index in [-0.39, 0.29) is 23.8 Å². The van der Waals surface area contributed by atoms with E-state index in [4.69, 9.17) is 4.74 Å². The normalized spacial score (nSPS) is 21.3. The zero-order valence-electron chi connectivity index (χ0n) is 12.4. The number of carbonyl (C=O) groups is 2. The molecule has 2 amide bonds. The Hall–Kier alpha value is -2.20. The molecule has 4 rings (SSSR count). The number of hydrogen-bond donors (Lipinski definition) is 0. The van der Waals surface area contributed by atoms with Gasteiger partial charge < -0.3 is 4.74 Å². The molecular formula is C18H17NO3. The highest BCUT2D eigenvalue weighted by molar-refractivity contribution is 6.25. The van der Waals surface area contributed by atoms with Crippen molar-refractivity contribution in [2.75, 3.05) is 13.2 Å². The Kier molecular flexibility index (Phi) is 3.01. The first-order valence-electron chi connectivity index (χ1n) is 7.70. The molecule has 1 fully saturated rings. The van der Waals surface area contributed by atoms with Crippen LogP contribution in [0.1, 0.15) is 34.1 Å². The number of epoxide rings is 1. The molecule has 0 aromatic heterocycles. The molecule has 0 saturated carbocycles. The number of hydrogen-bond acceptors (Lipinski definition) is 3. The summed E-state index contributed by atoms with van der Waals surface area (Å²) >= 11 is 0. The van der Waals surface area contributed by atoms with Gasteiger partial charge in [0.2, 0.25) is 0 Å². The van der Waals surface area contributed by atoms with Crippen LogP contribution in [-0.4, -0.2) is 36.0 Å². The third-order valence-corrected chi connectivity index (χ3v) is 4.68. The van der Waals surface area contributed by atoms with Crippen molar-refractivity contribution >= 4 is 22.6 Å². The Labute approximate surface area is 128 Å². The molecule has 0 aliphatic carbocycles. The summed E-state index contributed by atoms with van der Waals surface area (Å²) in [6, 6.07) is 11.2. The Morgan fingerprint density at radius 1 is 1.14 bits per heavy atom. The fourth-order valence-electron chi connectivity index (χ4n) is 3.32. The number of amides is 2. The van der Waals surface area contributed by atoms with Crippen molar-refractivity contribution in [3.8, 4) is 0 Å². The van der Waals surface area contributed by atoms with Crippen molar-refractivity contribution in [1.29, 1.82) is 0 Å². The van der Waals surface area contributed by atoms with Gasteiger partial charge in [-0.2, -0.15) is 0 Å². The van der Waals surface area contributed by atoms with Gasteiger partial charge in [-0.05, 0) is 23.9 Å². The van der Waals surface area contributed by atoms with Crippen LogP contribution in [-0.2, 0) is 4.74 Å². The lowest BCUT2D eigenvalue weighted by Crippen LogP contribution is -2.43. The van der Waals surface area contributed by atoms with Gasteiger partial charge in [0, 0.05) is 29.0 Å². The first-order chi connectivity index (χ1) is 10.7. The smallest absolute Gasteiger partial charge is 0.261 e. The maximum Gasteiger partial charge on any atom is 0.261 e. The topological polar surface area (TPSA) is 49.9 Å². The molecule has 1 saturated heterocycles. The summed E-state index contributed by atoms with van der Waals surface area (Å²) in [5, 5.41) is 1.72. The van der Waals surface area contributed by atoms with Crippen LogP contribution >= 0.6 is 0 Å². The maximum absolute atomic E-state index is 12.8. The number of rotatable bonds is 4. The monoisotopic (exact) mass is 295 g/mol. The zero-order chi connectivity index (χ0) is 15.3. The highest BCUT2D eigenvalue weighted by Gasteiger charge is 2.38. The zero-order valence-corrected chi connectivity index (χ0v) is 12.4. The van der Waals surface area contributed by atoms with Gasteiger partial charge in [0.05, 0.1) is 12.7 Å². The fraction of sp³-hybridized carbons (Fsp3) is 0.333. The van der Waals surface area contributed by atoms with E-state index in [2.05, 4.69) is 6.92 Å². The van der Waals surface area contributed by atoms with Gasteiger partial charge >= 0.3 is 0 Å². The number of benzene rings is 2. The van der Waals surface area contributed by atoms with Gasteiger partial charge in [-0.15, -0.1) is 0 Å². The first kappa shape index (κ1) is 13.5. The fourth-order valence-corrected chi connectivity index (χ4v) is 3.32. The number of nitrogens with zero attached hydrogens (tertiary/aromatic N) is 1. The van der Waals surface area contributed by atoms with Crippen LogP contribution in [0.4, 0.5) is 0 Å². The molecule has 2 atom stereocenters. The van der Waals surface area contributed by atoms with Gasteiger partial charge in [0.25, 0.3) is 11.8 Å². The molecule has 0 bridgehead atoms. The molecule has 2 aliphatic heterocycles. The second-order valence-corrected chi connectivity index (χ2v) is 5.97. The van der Waals surface area contributed by atoms with Crippen molar-refractivity contribution in [2.45, 2.75) is 19.4 Å². The van der Waals surface area contributed by atoms with E-state index < -0.39 is 0 Å². The van der Waals surface area contributed by atoms with Gasteiger partial charge in [0.1, 0.15) is 0 Å². The van der Waals surface area contributed by atoms with E-state index in [1.807, 2.05) is 36.4 Å². The molecule has 112 valence electrons. The standard InChI is InChI=1S/C18H17NO3/c1-2-11(15-10-22-15)9-19-17(20)13-7-3-5-12-6-4-8-14(16(12)13)18(19)21/h3-8,11,15H,2,9-10H2,1H3. The Bertz CT molecular complexity index is 728. The first-order valence-corrected chi connectivity index (χ1v) is 7.70. The van der Waals surface area contributed by atoms with Crippen molar-refractivity contribution < 1.29 is 14.3 Å². The molecule has 0 radical (unpaired) electrons. The number of carbonyl (C=O) groups excluding carboxylic acids is 2. The van der Waals surface area contributed by atoms with Crippen molar-refractivity contribution in [1.82, 2.24) is 4.90 Å². The van der Waals surface area contributed by atoms with Gasteiger partial charge in [-0.25, -0.2) is 0 Å². The Morgan fingerprint density at radius 3 is 2.23 bits per heavy atom. The summed E-state index contributed by atoms with van der Waals surface area (Å²) in [7, 11) is 0. The van der Waals surface area contributed by atoms with E-state index in [1.54, 1.807) is 0 Å². The minimum atomic E-state index is -0.187. The van der Waals surface area contributed by atoms with Crippen LogP contribution in [0, 0.1) is 5.92 Å². The molecule has 2 aliphatic rings. The molecule has 0 N–H and O–H groups in total. The Morgan fingerprint density at radius 2 is 1.73 bits per heavy atom. The van der Waals surface area contributed by atoms with Crippen LogP contribution in [0.25, 0.3) is 10.8 Å². The largest absolute Gasteiger partial charge is 0.373 e. The molecular weight excluding hydrogens is 278 g/mol. The van der Waals surface area contributed by atoms with Crippen LogP contribution in [0.15, 0.2) is 36.4 Å².